The van der Waals surface area contributed by atoms with Gasteiger partial charge in [-0.2, -0.15) is 0 Å². The Hall–Kier alpha value is -1.58. The molecular formula is C43H81N3O14. The molecular weight excluding hydrogens is 782 g/mol. The monoisotopic (exact) mass is 864 g/mol. The van der Waals surface area contributed by atoms with Crippen LogP contribution >= 0.6 is 0 Å². The summed E-state index contributed by atoms with van der Waals surface area (Å²) in [5.41, 5.74) is -4.45. The number of rotatable bonds is 13. The molecule has 3 aliphatic heterocycles. The fourth-order valence-corrected chi connectivity index (χ4v) is 9.48. The molecule has 17 nitrogen and oxygen atoms in total. The van der Waals surface area contributed by atoms with Crippen LogP contribution in [0.1, 0.15) is 101 Å². The Bertz CT molecular complexity index is 1340. The molecule has 0 aromatic carbocycles. The van der Waals surface area contributed by atoms with Crippen LogP contribution in [0.4, 0.5) is 0 Å². The van der Waals surface area contributed by atoms with Gasteiger partial charge in [0.1, 0.15) is 36.6 Å². The van der Waals surface area contributed by atoms with E-state index in [0.29, 0.717) is 25.9 Å². The molecule has 0 aliphatic carbocycles. The van der Waals surface area contributed by atoms with E-state index in [4.69, 9.17) is 38.3 Å². The van der Waals surface area contributed by atoms with Crippen molar-refractivity contribution in [3.8, 4) is 0 Å². The second kappa shape index (κ2) is 22.4. The van der Waals surface area contributed by atoms with Crippen LogP contribution < -0.4 is 5.32 Å². The van der Waals surface area contributed by atoms with E-state index in [1.165, 1.54) is 14.0 Å². The second-order valence-corrected chi connectivity index (χ2v) is 18.9. The molecule has 3 heterocycles. The molecule has 0 radical (unpaired) electrons. The van der Waals surface area contributed by atoms with Crippen LogP contribution in [0.25, 0.3) is 0 Å². The number of cyclic esters (lactones) is 1. The molecule has 60 heavy (non-hydrogen) atoms. The lowest BCUT2D eigenvalue weighted by molar-refractivity contribution is -0.321. The van der Waals surface area contributed by atoms with Gasteiger partial charge < -0.3 is 73.8 Å². The van der Waals surface area contributed by atoms with Crippen molar-refractivity contribution >= 4 is 11.9 Å². The fraction of sp³-hybridized carbons (Fsp3) is 0.953. The summed E-state index contributed by atoms with van der Waals surface area (Å²) in [5.74, 6) is -3.15. The number of hydrogen-bond donors (Lipinski definition) is 6. The Morgan fingerprint density at radius 1 is 0.983 bits per heavy atom. The Kier molecular flexibility index (Phi) is 19.7. The lowest BCUT2D eigenvalue weighted by atomic mass is 9.77. The molecule has 3 saturated heterocycles. The van der Waals surface area contributed by atoms with Crippen LogP contribution in [0.3, 0.4) is 0 Å². The van der Waals surface area contributed by atoms with Crippen LogP contribution in [0.5, 0.6) is 0 Å². The lowest BCUT2D eigenvalue weighted by Crippen LogP contribution is -2.61. The average Bonchev–Trinajstić information content (AvgIpc) is 3.17. The summed E-state index contributed by atoms with van der Waals surface area (Å²) in [4.78, 5) is 30.0. The highest BCUT2D eigenvalue weighted by Crippen LogP contribution is 2.40. The molecule has 3 aliphatic rings. The number of nitrogens with one attached hydrogen (secondary N) is 1. The van der Waals surface area contributed by atoms with E-state index < -0.39 is 108 Å². The summed E-state index contributed by atoms with van der Waals surface area (Å²) >= 11 is 0. The van der Waals surface area contributed by atoms with E-state index in [1.54, 1.807) is 41.5 Å². The van der Waals surface area contributed by atoms with Gasteiger partial charge in [0.2, 0.25) is 5.91 Å². The first-order chi connectivity index (χ1) is 27.8. The number of amides is 1. The molecule has 352 valence electrons. The summed E-state index contributed by atoms with van der Waals surface area (Å²) in [6.07, 6.45) is -7.39. The molecule has 0 aromatic rings. The van der Waals surface area contributed by atoms with E-state index in [2.05, 4.69) is 5.32 Å². The minimum absolute atomic E-state index is 0.115. The van der Waals surface area contributed by atoms with Crippen molar-refractivity contribution in [2.45, 2.75) is 192 Å². The number of ether oxygens (including phenoxy) is 7. The predicted molar refractivity (Wildman–Crippen MR) is 223 cm³/mol. The Balaban J connectivity index is 2.18. The van der Waals surface area contributed by atoms with Gasteiger partial charge in [-0.15, -0.1) is 0 Å². The maximum atomic E-state index is 14.4. The van der Waals surface area contributed by atoms with Gasteiger partial charge in [0.05, 0.1) is 41.5 Å². The quantitative estimate of drug-likeness (QED) is 0.114. The van der Waals surface area contributed by atoms with Crippen molar-refractivity contribution in [1.82, 2.24) is 15.1 Å². The molecule has 0 saturated carbocycles. The Morgan fingerprint density at radius 3 is 2.22 bits per heavy atom. The number of nitrogens with zero attached hydrogens (tertiary/aromatic N) is 2. The topological polar surface area (TPSA) is 218 Å². The zero-order valence-corrected chi connectivity index (χ0v) is 38.8. The summed E-state index contributed by atoms with van der Waals surface area (Å²) in [6.45, 7) is 18.0. The third-order valence-electron chi connectivity index (χ3n) is 13.3. The van der Waals surface area contributed by atoms with E-state index >= 15 is 0 Å². The van der Waals surface area contributed by atoms with Gasteiger partial charge in [-0.05, 0) is 101 Å². The van der Waals surface area contributed by atoms with Gasteiger partial charge in [-0.3, -0.25) is 9.59 Å². The minimum Gasteiger partial charge on any atom is -0.459 e. The third kappa shape index (κ3) is 13.0. The number of likely N-dealkylation sites (N-methyl/N-ethyl adjacent to an activating group) is 2. The highest BCUT2D eigenvalue weighted by molar-refractivity contribution is 5.76. The van der Waals surface area contributed by atoms with Crippen molar-refractivity contribution in [1.29, 1.82) is 0 Å². The number of carbonyl (C=O) groups is 2. The number of methoxy groups -OCH3 is 1. The zero-order valence-electron chi connectivity index (χ0n) is 38.8. The van der Waals surface area contributed by atoms with Gasteiger partial charge in [0.15, 0.2) is 12.6 Å². The number of aliphatic hydroxyl groups is 5. The maximum absolute atomic E-state index is 14.4. The average molecular weight is 864 g/mol. The van der Waals surface area contributed by atoms with Gasteiger partial charge >= 0.3 is 5.97 Å². The maximum Gasteiger partial charge on any atom is 0.311 e. The zero-order chi connectivity index (χ0) is 45.5. The number of carbonyl (C=O) groups excluding carboxylic acids is 2. The van der Waals surface area contributed by atoms with Crippen molar-refractivity contribution in [3.63, 3.8) is 0 Å². The molecule has 0 spiro atoms. The first-order valence-electron chi connectivity index (χ1n) is 21.9. The van der Waals surface area contributed by atoms with E-state index in [1.807, 2.05) is 51.7 Å². The third-order valence-corrected chi connectivity index (χ3v) is 13.3. The molecule has 0 bridgehead atoms. The van der Waals surface area contributed by atoms with Crippen LogP contribution in [0.2, 0.25) is 0 Å². The summed E-state index contributed by atoms with van der Waals surface area (Å²) < 4.78 is 45.0. The van der Waals surface area contributed by atoms with E-state index in [-0.39, 0.29) is 43.9 Å². The van der Waals surface area contributed by atoms with Gasteiger partial charge in [0.25, 0.3) is 0 Å². The summed E-state index contributed by atoms with van der Waals surface area (Å²) in [5, 5.41) is 59.0. The van der Waals surface area contributed by atoms with Crippen molar-refractivity contribution in [3.05, 3.63) is 0 Å². The standard InChI is InChI=1S/C43H81N3O14/c1-15-31-43(10,53)36(49)28(6)46(13)22-24(2)20-41(8,52)38(60-40-35(30(45(11)12)19-25(3)56-40)55-18-16-17-44-32(48)23-47)26(4)34(27(5)39(51)58-31)59-33-21-42(9,54-14)37(50)29(7)57-33/h24-31,33-38,40,47,49-50,52-53H,15-23H2,1-14H3,(H,44,48)/t24-,25-,26+,27-,28-,29+,30+,31-,33+,34+,35-,36-,37+,38-,40+,41-,42-,43-/m1/s1. The van der Waals surface area contributed by atoms with Gasteiger partial charge in [0, 0.05) is 51.2 Å². The molecule has 0 unspecified atom stereocenters. The van der Waals surface area contributed by atoms with Crippen molar-refractivity contribution in [2.24, 2.45) is 17.8 Å². The van der Waals surface area contributed by atoms with Gasteiger partial charge in [-0.25, -0.2) is 0 Å². The molecule has 6 N–H and O–H groups in total. The first kappa shape index (κ1) is 52.8. The summed E-state index contributed by atoms with van der Waals surface area (Å²) in [6, 6.07) is -0.723. The normalized spacial score (nSPS) is 44.5. The Labute approximate surface area is 358 Å². The molecule has 17 heteroatoms. The molecule has 18 atom stereocenters. The van der Waals surface area contributed by atoms with Crippen molar-refractivity contribution < 1.29 is 68.3 Å². The minimum atomic E-state index is -1.82. The SMILES string of the molecule is CC[C@H]1OC(=O)[C@H](C)[C@@H](O[C@H]2C[C@@](C)(OC)[C@@H](O)[C@H](C)O2)[C@H](C)[C@@H](O[C@@H]2O[C@H](C)C[C@H](N(C)C)[C@H]2OCCCNC(=O)CO)[C@](C)(O)C[C@@H](C)CN(C)[C@H](C)[C@@H](O)[C@]1(C)O. The molecule has 1 amide bonds. The number of hydrogen-bond acceptors (Lipinski definition) is 16. The van der Waals surface area contributed by atoms with Crippen LogP contribution in [0.15, 0.2) is 0 Å². The molecule has 0 aromatic heterocycles. The lowest BCUT2D eigenvalue weighted by Gasteiger charge is -2.49. The smallest absolute Gasteiger partial charge is 0.311 e. The summed E-state index contributed by atoms with van der Waals surface area (Å²) in [7, 11) is 7.25. The van der Waals surface area contributed by atoms with Crippen LogP contribution in [-0.2, 0) is 42.7 Å². The van der Waals surface area contributed by atoms with Gasteiger partial charge in [-0.1, -0.05) is 20.8 Å². The van der Waals surface area contributed by atoms with E-state index in [9.17, 15) is 30.0 Å². The highest BCUT2D eigenvalue weighted by Gasteiger charge is 2.53. The molecule has 3 fully saturated rings. The predicted octanol–water partition coefficient (Wildman–Crippen LogP) is 1.42. The largest absolute Gasteiger partial charge is 0.459 e. The number of aliphatic hydroxyl groups excluding tert-OH is 3. The second-order valence-electron chi connectivity index (χ2n) is 18.9. The van der Waals surface area contributed by atoms with Crippen LogP contribution in [0, 0.1) is 17.8 Å². The van der Waals surface area contributed by atoms with Crippen molar-refractivity contribution in [2.75, 3.05) is 54.6 Å². The number of esters is 1. The Morgan fingerprint density at radius 2 is 1.63 bits per heavy atom. The van der Waals surface area contributed by atoms with E-state index in [0.717, 1.165) is 0 Å². The first-order valence-corrected chi connectivity index (χ1v) is 21.9. The highest BCUT2D eigenvalue weighted by atomic mass is 16.7. The fourth-order valence-electron chi connectivity index (χ4n) is 9.48. The van der Waals surface area contributed by atoms with Crippen LogP contribution in [-0.4, -0.2) is 192 Å². The molecule has 3 rings (SSSR count).